The van der Waals surface area contributed by atoms with Crippen LogP contribution in [-0.2, 0) is 0 Å². The molecule has 3 nitrogen and oxygen atoms in total. The van der Waals surface area contributed by atoms with Crippen LogP contribution in [0.5, 0.6) is 0 Å². The van der Waals surface area contributed by atoms with Gasteiger partial charge in [0.2, 0.25) is 0 Å². The molecule has 1 aromatic rings. The Hall–Kier alpha value is -0.580. The average Bonchev–Trinajstić information content (AvgIpc) is 2.52. The molecule has 0 bridgehead atoms. The first-order chi connectivity index (χ1) is 8.20. The van der Waals surface area contributed by atoms with Gasteiger partial charge in [-0.25, -0.2) is 0 Å². The molecule has 0 amide bonds. The van der Waals surface area contributed by atoms with Crippen molar-refractivity contribution in [3.63, 3.8) is 0 Å². The number of aliphatic hydroxyl groups excluding tert-OH is 1. The molecule has 0 saturated carbocycles. The van der Waals surface area contributed by atoms with Crippen molar-refractivity contribution >= 4 is 21.6 Å². The van der Waals surface area contributed by atoms with Gasteiger partial charge in [-0.05, 0) is 41.4 Å². The molecule has 1 aromatic carbocycles. The van der Waals surface area contributed by atoms with Crippen LogP contribution in [0.1, 0.15) is 13.3 Å². The minimum atomic E-state index is 0.152. The fourth-order valence-corrected chi connectivity index (χ4v) is 2.82. The fraction of sp³-hybridized carbons (Fsp3) is 0.538. The van der Waals surface area contributed by atoms with Crippen LogP contribution in [-0.4, -0.2) is 36.9 Å². The fourth-order valence-electron chi connectivity index (χ4n) is 2.28. The summed E-state index contributed by atoms with van der Waals surface area (Å²) in [5.41, 5.74) is 1.21. The lowest BCUT2D eigenvalue weighted by atomic mass is 10.2. The molecule has 1 saturated heterocycles. The van der Waals surface area contributed by atoms with E-state index in [1.165, 1.54) is 5.69 Å². The summed E-state index contributed by atoms with van der Waals surface area (Å²) in [6.07, 6.45) is 1.10. The van der Waals surface area contributed by atoms with Gasteiger partial charge in [-0.3, -0.25) is 0 Å². The molecule has 0 spiro atoms. The lowest BCUT2D eigenvalue weighted by Gasteiger charge is -2.26. The molecule has 2 unspecified atom stereocenters. The number of anilines is 1. The third-order valence-corrected chi connectivity index (χ3v) is 3.88. The van der Waals surface area contributed by atoms with Crippen LogP contribution in [0.4, 0.5) is 5.69 Å². The van der Waals surface area contributed by atoms with Crippen molar-refractivity contribution in [3.05, 3.63) is 28.7 Å². The molecule has 1 aliphatic heterocycles. The third kappa shape index (κ3) is 3.21. The minimum absolute atomic E-state index is 0.152. The molecule has 1 aliphatic rings. The van der Waals surface area contributed by atoms with Crippen LogP contribution in [0, 0.1) is 0 Å². The normalized spacial score (nSPS) is 25.7. The van der Waals surface area contributed by atoms with Gasteiger partial charge in [-0.15, -0.1) is 0 Å². The summed E-state index contributed by atoms with van der Waals surface area (Å²) in [5, 5.41) is 12.8. The van der Waals surface area contributed by atoms with E-state index in [1.54, 1.807) is 0 Å². The molecular formula is C13H19BrN2O. The molecule has 0 aliphatic carbocycles. The number of hydrogen-bond donors (Lipinski definition) is 2. The van der Waals surface area contributed by atoms with Gasteiger partial charge in [0.1, 0.15) is 0 Å². The van der Waals surface area contributed by atoms with Crippen molar-refractivity contribution < 1.29 is 5.11 Å². The predicted molar refractivity (Wildman–Crippen MR) is 74.4 cm³/mol. The van der Waals surface area contributed by atoms with Gasteiger partial charge in [-0.2, -0.15) is 0 Å². The molecule has 1 heterocycles. The van der Waals surface area contributed by atoms with E-state index >= 15 is 0 Å². The van der Waals surface area contributed by atoms with E-state index in [-0.39, 0.29) is 12.6 Å². The second-order valence-electron chi connectivity index (χ2n) is 4.63. The highest BCUT2D eigenvalue weighted by Gasteiger charge is 2.21. The number of halogens is 1. The standard InChI is InChI=1S/C13H19BrN2O/c1-10-6-7-16(8-11(9-17)15-10)13-5-3-2-4-12(13)14/h2-5,10-11,15,17H,6-9H2,1H3. The van der Waals surface area contributed by atoms with Crippen LogP contribution in [0.2, 0.25) is 0 Å². The second-order valence-corrected chi connectivity index (χ2v) is 5.49. The largest absolute Gasteiger partial charge is 0.395 e. The van der Waals surface area contributed by atoms with Crippen LogP contribution < -0.4 is 10.2 Å². The molecule has 0 radical (unpaired) electrons. The highest BCUT2D eigenvalue weighted by molar-refractivity contribution is 9.10. The van der Waals surface area contributed by atoms with Crippen molar-refractivity contribution in [2.45, 2.75) is 25.4 Å². The summed E-state index contributed by atoms with van der Waals surface area (Å²) in [7, 11) is 0. The Morgan fingerprint density at radius 2 is 2.24 bits per heavy atom. The Balaban J connectivity index is 2.17. The second kappa shape index (κ2) is 5.85. The van der Waals surface area contributed by atoms with Crippen molar-refractivity contribution in [3.8, 4) is 0 Å². The Bertz CT molecular complexity index is 372. The number of hydrogen-bond acceptors (Lipinski definition) is 3. The van der Waals surface area contributed by atoms with Crippen LogP contribution in [0.25, 0.3) is 0 Å². The van der Waals surface area contributed by atoms with Crippen LogP contribution >= 0.6 is 15.9 Å². The smallest absolute Gasteiger partial charge is 0.0602 e. The highest BCUT2D eigenvalue weighted by atomic mass is 79.9. The van der Waals surface area contributed by atoms with Gasteiger partial charge in [0.15, 0.2) is 0 Å². The number of nitrogens with one attached hydrogen (secondary N) is 1. The van der Waals surface area contributed by atoms with E-state index in [1.807, 2.05) is 6.07 Å². The summed E-state index contributed by atoms with van der Waals surface area (Å²) in [6, 6.07) is 8.87. The predicted octanol–water partition coefficient (Wildman–Crippen LogP) is 2.00. The molecular weight excluding hydrogens is 280 g/mol. The maximum Gasteiger partial charge on any atom is 0.0602 e. The first-order valence-corrected chi connectivity index (χ1v) is 6.86. The lowest BCUT2D eigenvalue weighted by molar-refractivity contribution is 0.240. The third-order valence-electron chi connectivity index (χ3n) is 3.21. The molecule has 1 fully saturated rings. The monoisotopic (exact) mass is 298 g/mol. The maximum atomic E-state index is 9.37. The zero-order chi connectivity index (χ0) is 12.3. The van der Waals surface area contributed by atoms with E-state index in [9.17, 15) is 5.11 Å². The first kappa shape index (κ1) is 12.9. The van der Waals surface area contributed by atoms with E-state index in [2.05, 4.69) is 51.3 Å². The quantitative estimate of drug-likeness (QED) is 0.877. The summed E-state index contributed by atoms with van der Waals surface area (Å²) in [6.45, 7) is 4.23. The van der Waals surface area contributed by atoms with E-state index in [0.29, 0.717) is 6.04 Å². The Morgan fingerprint density at radius 1 is 1.47 bits per heavy atom. The minimum Gasteiger partial charge on any atom is -0.395 e. The van der Waals surface area contributed by atoms with Crippen molar-refractivity contribution in [1.82, 2.24) is 5.32 Å². The first-order valence-electron chi connectivity index (χ1n) is 6.07. The molecule has 2 atom stereocenters. The Labute approximate surface area is 111 Å². The van der Waals surface area contributed by atoms with Crippen molar-refractivity contribution in [1.29, 1.82) is 0 Å². The van der Waals surface area contributed by atoms with Gasteiger partial charge in [0, 0.05) is 29.6 Å². The lowest BCUT2D eigenvalue weighted by Crippen LogP contribution is -2.42. The van der Waals surface area contributed by atoms with Crippen LogP contribution in [0.3, 0.4) is 0 Å². The summed E-state index contributed by atoms with van der Waals surface area (Å²) >= 11 is 3.59. The Kier molecular flexibility index (Phi) is 4.42. The number of aliphatic hydroxyl groups is 1. The molecule has 94 valence electrons. The van der Waals surface area contributed by atoms with Crippen LogP contribution in [0.15, 0.2) is 28.7 Å². The Morgan fingerprint density at radius 3 is 2.94 bits per heavy atom. The molecule has 4 heteroatoms. The molecule has 17 heavy (non-hydrogen) atoms. The van der Waals surface area contributed by atoms with Gasteiger partial charge in [-0.1, -0.05) is 12.1 Å². The number of benzene rings is 1. The highest BCUT2D eigenvalue weighted by Crippen LogP contribution is 2.26. The van der Waals surface area contributed by atoms with Crippen molar-refractivity contribution in [2.75, 3.05) is 24.6 Å². The maximum absolute atomic E-state index is 9.37. The zero-order valence-electron chi connectivity index (χ0n) is 10.1. The van der Waals surface area contributed by atoms with Crippen molar-refractivity contribution in [2.24, 2.45) is 0 Å². The van der Waals surface area contributed by atoms with Gasteiger partial charge < -0.3 is 15.3 Å². The number of para-hydroxylation sites is 1. The molecule has 2 rings (SSSR count). The van der Waals surface area contributed by atoms with Gasteiger partial charge in [0.05, 0.1) is 12.3 Å². The van der Waals surface area contributed by atoms with Gasteiger partial charge in [0.25, 0.3) is 0 Å². The molecule has 0 aromatic heterocycles. The van der Waals surface area contributed by atoms with Gasteiger partial charge >= 0.3 is 0 Å². The van der Waals surface area contributed by atoms with E-state index in [0.717, 1.165) is 24.0 Å². The SMILES string of the molecule is CC1CCN(c2ccccc2Br)CC(CO)N1. The van der Waals surface area contributed by atoms with E-state index in [4.69, 9.17) is 0 Å². The number of rotatable bonds is 2. The summed E-state index contributed by atoms with van der Waals surface area (Å²) in [5.74, 6) is 0. The van der Waals surface area contributed by atoms with E-state index < -0.39 is 0 Å². The summed E-state index contributed by atoms with van der Waals surface area (Å²) in [4.78, 5) is 2.33. The average molecular weight is 299 g/mol. The number of nitrogens with zero attached hydrogens (tertiary/aromatic N) is 1. The topological polar surface area (TPSA) is 35.5 Å². The summed E-state index contributed by atoms with van der Waals surface area (Å²) < 4.78 is 1.12. The molecule has 2 N–H and O–H groups in total. The zero-order valence-corrected chi connectivity index (χ0v) is 11.7.